The first-order valence-corrected chi connectivity index (χ1v) is 9.17. The first-order chi connectivity index (χ1) is 12.1. The summed E-state index contributed by atoms with van der Waals surface area (Å²) in [4.78, 5) is 21.4. The minimum atomic E-state index is 0.0452. The van der Waals surface area contributed by atoms with Crippen molar-refractivity contribution in [3.05, 3.63) is 45.9 Å². The van der Waals surface area contributed by atoms with Crippen molar-refractivity contribution >= 4 is 28.9 Å². The van der Waals surface area contributed by atoms with Crippen molar-refractivity contribution in [1.29, 1.82) is 0 Å². The van der Waals surface area contributed by atoms with Gasteiger partial charge >= 0.3 is 0 Å². The number of nitrogens with one attached hydrogen (secondary N) is 3. The number of amides is 1. The van der Waals surface area contributed by atoms with Gasteiger partial charge in [-0.15, -0.1) is 11.3 Å². The van der Waals surface area contributed by atoms with Gasteiger partial charge in [-0.2, -0.15) is 0 Å². The number of hydrogen-bond acceptors (Lipinski definition) is 4. The van der Waals surface area contributed by atoms with E-state index in [0.717, 1.165) is 22.7 Å². The third-order valence-corrected chi connectivity index (χ3v) is 4.36. The normalized spacial score (nSPS) is 11.2. The largest absolute Gasteiger partial charge is 0.352 e. The van der Waals surface area contributed by atoms with Crippen LogP contribution in [0.5, 0.6) is 0 Å². The molecular formula is C18H25N5OS. The molecule has 0 aliphatic carbocycles. The van der Waals surface area contributed by atoms with E-state index in [2.05, 4.69) is 25.9 Å². The van der Waals surface area contributed by atoms with Crippen LogP contribution in [0.2, 0.25) is 0 Å². The Balaban J connectivity index is 1.85. The van der Waals surface area contributed by atoms with E-state index in [-0.39, 0.29) is 5.91 Å². The predicted octanol–water partition coefficient (Wildman–Crippen LogP) is 3.06. The van der Waals surface area contributed by atoms with Gasteiger partial charge in [0, 0.05) is 36.8 Å². The van der Waals surface area contributed by atoms with E-state index in [1.807, 2.05) is 44.3 Å². The molecule has 0 saturated heterocycles. The van der Waals surface area contributed by atoms with Gasteiger partial charge in [0.15, 0.2) is 5.96 Å². The molecule has 134 valence electrons. The summed E-state index contributed by atoms with van der Waals surface area (Å²) in [5, 5.41) is 10.5. The summed E-state index contributed by atoms with van der Waals surface area (Å²) >= 11 is 1.67. The molecule has 1 aromatic carbocycles. The van der Waals surface area contributed by atoms with Crippen LogP contribution in [0, 0.1) is 6.92 Å². The van der Waals surface area contributed by atoms with Crippen LogP contribution in [0.25, 0.3) is 0 Å². The lowest BCUT2D eigenvalue weighted by Crippen LogP contribution is -2.36. The molecule has 0 aliphatic heterocycles. The third-order valence-electron chi connectivity index (χ3n) is 3.45. The van der Waals surface area contributed by atoms with Crippen LogP contribution in [-0.4, -0.2) is 23.9 Å². The molecule has 3 N–H and O–H groups in total. The van der Waals surface area contributed by atoms with Crippen molar-refractivity contribution in [1.82, 2.24) is 15.6 Å². The first-order valence-electron chi connectivity index (χ1n) is 8.35. The highest BCUT2D eigenvalue weighted by Gasteiger charge is 2.04. The van der Waals surface area contributed by atoms with Crippen molar-refractivity contribution in [2.45, 2.75) is 39.8 Å². The molecule has 0 fully saturated rings. The van der Waals surface area contributed by atoms with Crippen molar-refractivity contribution in [3.8, 4) is 0 Å². The summed E-state index contributed by atoms with van der Waals surface area (Å²) < 4.78 is 0. The van der Waals surface area contributed by atoms with Gasteiger partial charge < -0.3 is 16.0 Å². The number of carbonyl (C=O) groups is 1. The van der Waals surface area contributed by atoms with Gasteiger partial charge in [0.05, 0.1) is 6.54 Å². The Morgan fingerprint density at radius 3 is 2.76 bits per heavy atom. The number of nitrogens with zero attached hydrogens (tertiary/aromatic N) is 2. The highest BCUT2D eigenvalue weighted by molar-refractivity contribution is 7.11. The zero-order valence-electron chi connectivity index (χ0n) is 14.9. The summed E-state index contributed by atoms with van der Waals surface area (Å²) in [5.74, 6) is 0.761. The average Bonchev–Trinajstić information content (AvgIpc) is 3.01. The fraction of sp³-hybridized carbons (Fsp3) is 0.389. The van der Waals surface area contributed by atoms with Crippen LogP contribution in [0.4, 0.5) is 5.69 Å². The van der Waals surface area contributed by atoms with E-state index in [1.54, 1.807) is 18.4 Å². The SMILES string of the molecule is CCCC(=O)Nc1cccc(CNC(=NC)NCc2ncc(C)s2)c1. The molecular weight excluding hydrogens is 334 g/mol. The summed E-state index contributed by atoms with van der Waals surface area (Å²) in [7, 11) is 1.74. The maximum Gasteiger partial charge on any atom is 0.224 e. The van der Waals surface area contributed by atoms with E-state index < -0.39 is 0 Å². The second-order valence-electron chi connectivity index (χ2n) is 5.64. The molecule has 6 nitrogen and oxygen atoms in total. The van der Waals surface area contributed by atoms with Gasteiger partial charge in [-0.25, -0.2) is 4.98 Å². The maximum absolute atomic E-state index is 11.7. The topological polar surface area (TPSA) is 78.4 Å². The number of guanidine groups is 1. The summed E-state index contributed by atoms with van der Waals surface area (Å²) in [6, 6.07) is 7.82. The fourth-order valence-electron chi connectivity index (χ4n) is 2.26. The lowest BCUT2D eigenvalue weighted by molar-refractivity contribution is -0.116. The van der Waals surface area contributed by atoms with E-state index in [4.69, 9.17) is 0 Å². The first kappa shape index (κ1) is 18.9. The van der Waals surface area contributed by atoms with Gasteiger partial charge in [0.25, 0.3) is 0 Å². The Labute approximate surface area is 152 Å². The number of hydrogen-bond donors (Lipinski definition) is 3. The number of aliphatic imine (C=N–C) groups is 1. The van der Waals surface area contributed by atoms with E-state index in [1.165, 1.54) is 4.88 Å². The van der Waals surface area contributed by atoms with Gasteiger partial charge in [0.1, 0.15) is 5.01 Å². The zero-order valence-corrected chi connectivity index (χ0v) is 15.7. The Bertz CT molecular complexity index is 726. The number of carbonyl (C=O) groups excluding carboxylic acids is 1. The Morgan fingerprint density at radius 2 is 2.08 bits per heavy atom. The van der Waals surface area contributed by atoms with Crippen LogP contribution >= 0.6 is 11.3 Å². The lowest BCUT2D eigenvalue weighted by Gasteiger charge is -2.12. The van der Waals surface area contributed by atoms with Gasteiger partial charge in [-0.1, -0.05) is 19.1 Å². The van der Waals surface area contributed by atoms with Crippen molar-refractivity contribution in [3.63, 3.8) is 0 Å². The van der Waals surface area contributed by atoms with Gasteiger partial charge in [-0.3, -0.25) is 9.79 Å². The number of anilines is 1. The third kappa shape index (κ3) is 6.54. The number of aryl methyl sites for hydroxylation is 1. The smallest absolute Gasteiger partial charge is 0.224 e. The number of rotatable bonds is 7. The van der Waals surface area contributed by atoms with Gasteiger partial charge in [-0.05, 0) is 31.0 Å². The molecule has 1 aromatic heterocycles. The maximum atomic E-state index is 11.7. The van der Waals surface area contributed by atoms with Crippen LogP contribution in [0.3, 0.4) is 0 Å². The minimum absolute atomic E-state index is 0.0452. The molecule has 1 heterocycles. The molecule has 0 spiro atoms. The van der Waals surface area contributed by atoms with Crippen LogP contribution in [0.15, 0.2) is 35.5 Å². The van der Waals surface area contributed by atoms with E-state index >= 15 is 0 Å². The Hall–Kier alpha value is -2.41. The molecule has 0 unspecified atom stereocenters. The molecule has 7 heteroatoms. The molecule has 2 rings (SSSR count). The lowest BCUT2D eigenvalue weighted by atomic mass is 10.2. The summed E-state index contributed by atoms with van der Waals surface area (Å²) in [6.45, 7) is 5.30. The molecule has 0 atom stereocenters. The minimum Gasteiger partial charge on any atom is -0.352 e. The van der Waals surface area contributed by atoms with Crippen molar-refractivity contribution in [2.24, 2.45) is 4.99 Å². The van der Waals surface area contributed by atoms with Crippen molar-refractivity contribution in [2.75, 3.05) is 12.4 Å². The van der Waals surface area contributed by atoms with E-state index in [9.17, 15) is 4.79 Å². The molecule has 0 radical (unpaired) electrons. The molecule has 2 aromatic rings. The molecule has 25 heavy (non-hydrogen) atoms. The Kier molecular flexibility index (Phi) is 7.40. The number of aromatic nitrogens is 1. The quantitative estimate of drug-likeness (QED) is 0.524. The zero-order chi connectivity index (χ0) is 18.1. The average molecular weight is 359 g/mol. The highest BCUT2D eigenvalue weighted by atomic mass is 32.1. The van der Waals surface area contributed by atoms with Crippen LogP contribution in [-0.2, 0) is 17.9 Å². The van der Waals surface area contributed by atoms with Crippen LogP contribution < -0.4 is 16.0 Å². The highest BCUT2D eigenvalue weighted by Crippen LogP contribution is 2.12. The monoisotopic (exact) mass is 359 g/mol. The fourth-order valence-corrected chi connectivity index (χ4v) is 2.99. The molecule has 0 saturated carbocycles. The number of benzene rings is 1. The van der Waals surface area contributed by atoms with E-state index in [0.29, 0.717) is 25.5 Å². The van der Waals surface area contributed by atoms with Crippen LogP contribution in [0.1, 0.15) is 35.2 Å². The number of thiazole rings is 1. The standard InChI is InChI=1S/C18H25N5OS/c1-4-6-16(24)23-15-8-5-7-14(9-15)11-21-18(19-3)22-12-17-20-10-13(2)25-17/h5,7-10H,4,6,11-12H2,1-3H3,(H,23,24)(H2,19,21,22). The molecule has 1 amide bonds. The summed E-state index contributed by atoms with van der Waals surface area (Å²) in [5.41, 5.74) is 1.89. The molecule has 0 aliphatic rings. The Morgan fingerprint density at radius 1 is 1.28 bits per heavy atom. The summed E-state index contributed by atoms with van der Waals surface area (Å²) in [6.07, 6.45) is 3.25. The second kappa shape index (κ2) is 9.78. The second-order valence-corrected chi connectivity index (χ2v) is 6.96. The predicted molar refractivity (Wildman–Crippen MR) is 104 cm³/mol. The molecule has 0 bridgehead atoms. The van der Waals surface area contributed by atoms with Crippen molar-refractivity contribution < 1.29 is 4.79 Å². The van der Waals surface area contributed by atoms with Gasteiger partial charge in [0.2, 0.25) is 5.91 Å².